The second-order valence-electron chi connectivity index (χ2n) is 7.21. The SMILES string of the molecule is COC(=O)C1CC2(NC(=O)COc3ccc(Cl)c(F)c3)CCC1(N)CC2. The number of nitrogens with two attached hydrogens (primary N) is 1. The molecule has 1 aromatic rings. The van der Waals surface area contributed by atoms with Crippen molar-refractivity contribution in [1.29, 1.82) is 0 Å². The Hall–Kier alpha value is -1.86. The molecule has 1 aromatic carbocycles. The lowest BCUT2D eigenvalue weighted by atomic mass is 9.56. The van der Waals surface area contributed by atoms with E-state index >= 15 is 0 Å². The summed E-state index contributed by atoms with van der Waals surface area (Å²) < 4.78 is 23.6. The smallest absolute Gasteiger partial charge is 0.310 e. The van der Waals surface area contributed by atoms with Crippen LogP contribution in [0.25, 0.3) is 0 Å². The summed E-state index contributed by atoms with van der Waals surface area (Å²) in [5.41, 5.74) is 5.34. The van der Waals surface area contributed by atoms with Crippen molar-refractivity contribution >= 4 is 23.5 Å². The molecule has 0 spiro atoms. The predicted molar refractivity (Wildman–Crippen MR) is 93.3 cm³/mol. The Morgan fingerprint density at radius 3 is 2.65 bits per heavy atom. The largest absolute Gasteiger partial charge is 0.484 e. The van der Waals surface area contributed by atoms with Gasteiger partial charge in [-0.15, -0.1) is 0 Å². The van der Waals surface area contributed by atoms with E-state index < -0.39 is 22.8 Å². The maximum absolute atomic E-state index is 13.4. The van der Waals surface area contributed by atoms with Gasteiger partial charge < -0.3 is 20.5 Å². The predicted octanol–water partition coefficient (Wildman–Crippen LogP) is 2.18. The van der Waals surface area contributed by atoms with E-state index in [2.05, 4.69) is 5.32 Å². The maximum atomic E-state index is 13.4. The van der Waals surface area contributed by atoms with Crippen LogP contribution in [0, 0.1) is 11.7 Å². The van der Waals surface area contributed by atoms with Gasteiger partial charge in [-0.25, -0.2) is 4.39 Å². The van der Waals surface area contributed by atoms with Crippen molar-refractivity contribution in [2.75, 3.05) is 13.7 Å². The van der Waals surface area contributed by atoms with Crippen molar-refractivity contribution in [2.24, 2.45) is 11.7 Å². The lowest BCUT2D eigenvalue weighted by Gasteiger charge is -2.55. The Bertz CT molecular complexity index is 719. The zero-order valence-electron chi connectivity index (χ0n) is 14.5. The van der Waals surface area contributed by atoms with Gasteiger partial charge in [0.25, 0.3) is 5.91 Å². The number of halogens is 2. The quantitative estimate of drug-likeness (QED) is 0.759. The first-order valence-corrected chi connectivity index (χ1v) is 8.90. The van der Waals surface area contributed by atoms with Crippen LogP contribution in [0.2, 0.25) is 5.02 Å². The minimum atomic E-state index is -0.608. The van der Waals surface area contributed by atoms with Crippen LogP contribution < -0.4 is 15.8 Å². The molecule has 1 atom stereocenters. The molecule has 1 unspecified atom stereocenters. The molecule has 3 N–H and O–H groups in total. The third-order valence-corrected chi connectivity index (χ3v) is 5.88. The standard InChI is InChI=1S/C18H22ClFN2O4/c1-25-16(24)12-9-17(4-6-18(12,21)7-5-17)22-15(23)10-26-11-2-3-13(19)14(20)8-11/h2-3,8,12H,4-7,9-10,21H2,1H3,(H,22,23). The van der Waals surface area contributed by atoms with E-state index in [1.165, 1.54) is 19.2 Å². The van der Waals surface area contributed by atoms with Crippen molar-refractivity contribution in [2.45, 2.75) is 43.2 Å². The molecule has 4 rings (SSSR count). The minimum absolute atomic E-state index is 0.00998. The second kappa shape index (κ2) is 7.04. The van der Waals surface area contributed by atoms with E-state index in [9.17, 15) is 14.0 Å². The highest BCUT2D eigenvalue weighted by molar-refractivity contribution is 6.30. The van der Waals surface area contributed by atoms with E-state index in [0.29, 0.717) is 32.1 Å². The first-order chi connectivity index (χ1) is 12.3. The molecule has 0 radical (unpaired) electrons. The van der Waals surface area contributed by atoms with Gasteiger partial charge in [-0.2, -0.15) is 0 Å². The summed E-state index contributed by atoms with van der Waals surface area (Å²) in [4.78, 5) is 24.4. The Balaban J connectivity index is 1.61. The normalized spacial score (nSPS) is 29.9. The molecular formula is C18H22ClFN2O4. The molecule has 3 aliphatic rings. The van der Waals surface area contributed by atoms with E-state index in [-0.39, 0.29) is 29.3 Å². The Morgan fingerprint density at radius 2 is 2.04 bits per heavy atom. The number of benzene rings is 1. The fourth-order valence-corrected chi connectivity index (χ4v) is 4.14. The number of esters is 1. The highest BCUT2D eigenvalue weighted by atomic mass is 35.5. The van der Waals surface area contributed by atoms with Crippen LogP contribution >= 0.6 is 11.6 Å². The summed E-state index contributed by atoms with van der Waals surface area (Å²) in [5.74, 6) is -1.47. The van der Waals surface area contributed by atoms with Crippen LogP contribution in [0.5, 0.6) is 5.75 Å². The topological polar surface area (TPSA) is 90.6 Å². The second-order valence-corrected chi connectivity index (χ2v) is 7.61. The van der Waals surface area contributed by atoms with Gasteiger partial charge in [-0.3, -0.25) is 9.59 Å². The van der Waals surface area contributed by atoms with Crippen molar-refractivity contribution in [3.05, 3.63) is 29.0 Å². The summed E-state index contributed by atoms with van der Waals surface area (Å²) in [6, 6.07) is 3.99. The van der Waals surface area contributed by atoms with Gasteiger partial charge in [0.1, 0.15) is 11.6 Å². The molecular weight excluding hydrogens is 363 g/mol. The molecule has 0 aliphatic heterocycles. The van der Waals surface area contributed by atoms with Crippen LogP contribution in [0.1, 0.15) is 32.1 Å². The van der Waals surface area contributed by atoms with Gasteiger partial charge in [-0.1, -0.05) is 11.6 Å². The number of methoxy groups -OCH3 is 1. The lowest BCUT2D eigenvalue weighted by molar-refractivity contribution is -0.155. The monoisotopic (exact) mass is 384 g/mol. The fourth-order valence-electron chi connectivity index (χ4n) is 4.02. The molecule has 3 saturated carbocycles. The van der Waals surface area contributed by atoms with E-state index in [4.69, 9.17) is 26.8 Å². The van der Waals surface area contributed by atoms with Gasteiger partial charge in [0.05, 0.1) is 18.1 Å². The van der Waals surface area contributed by atoms with Crippen LogP contribution in [0.15, 0.2) is 18.2 Å². The van der Waals surface area contributed by atoms with Crippen molar-refractivity contribution < 1.29 is 23.5 Å². The maximum Gasteiger partial charge on any atom is 0.310 e. The molecule has 0 heterocycles. The van der Waals surface area contributed by atoms with Gasteiger partial charge in [0.2, 0.25) is 0 Å². The van der Waals surface area contributed by atoms with Crippen molar-refractivity contribution in [3.63, 3.8) is 0 Å². The average Bonchev–Trinajstić information content (AvgIpc) is 2.63. The number of hydrogen-bond donors (Lipinski definition) is 2. The Labute approximate surface area is 156 Å². The zero-order valence-corrected chi connectivity index (χ0v) is 15.3. The van der Waals surface area contributed by atoms with Crippen LogP contribution in [0.3, 0.4) is 0 Å². The van der Waals surface area contributed by atoms with Crippen LogP contribution in [-0.4, -0.2) is 36.7 Å². The molecule has 142 valence electrons. The number of ether oxygens (including phenoxy) is 2. The lowest BCUT2D eigenvalue weighted by Crippen LogP contribution is -2.67. The average molecular weight is 385 g/mol. The van der Waals surface area contributed by atoms with Gasteiger partial charge >= 0.3 is 5.97 Å². The number of hydrogen-bond acceptors (Lipinski definition) is 5. The molecule has 3 aliphatic carbocycles. The van der Waals surface area contributed by atoms with Gasteiger partial charge in [0.15, 0.2) is 6.61 Å². The van der Waals surface area contributed by atoms with Crippen LogP contribution in [0.4, 0.5) is 4.39 Å². The first kappa shape index (κ1) is 18.9. The van der Waals surface area contributed by atoms with E-state index in [1.807, 2.05) is 0 Å². The third kappa shape index (κ3) is 3.64. The molecule has 26 heavy (non-hydrogen) atoms. The highest BCUT2D eigenvalue weighted by Gasteiger charge is 2.56. The molecule has 3 fully saturated rings. The molecule has 8 heteroatoms. The Kier molecular flexibility index (Phi) is 5.12. The van der Waals surface area contributed by atoms with E-state index in [1.54, 1.807) is 0 Å². The summed E-state index contributed by atoms with van der Waals surface area (Å²) in [6.07, 6.45) is 3.17. The van der Waals surface area contributed by atoms with Crippen LogP contribution in [-0.2, 0) is 14.3 Å². The molecule has 6 nitrogen and oxygen atoms in total. The number of fused-ring (bicyclic) bond motifs is 3. The number of carbonyl (C=O) groups is 2. The number of nitrogens with one attached hydrogen (secondary N) is 1. The molecule has 0 aromatic heterocycles. The fraction of sp³-hybridized carbons (Fsp3) is 0.556. The third-order valence-electron chi connectivity index (χ3n) is 5.58. The summed E-state index contributed by atoms with van der Waals surface area (Å²) in [7, 11) is 1.35. The number of rotatable bonds is 5. The molecule has 0 saturated heterocycles. The Morgan fingerprint density at radius 1 is 1.35 bits per heavy atom. The highest BCUT2D eigenvalue weighted by Crippen LogP contribution is 2.49. The first-order valence-electron chi connectivity index (χ1n) is 8.53. The minimum Gasteiger partial charge on any atom is -0.484 e. The molecule has 2 bridgehead atoms. The number of amides is 1. The van der Waals surface area contributed by atoms with Gasteiger partial charge in [-0.05, 0) is 44.2 Å². The van der Waals surface area contributed by atoms with Gasteiger partial charge in [0, 0.05) is 17.1 Å². The summed E-state index contributed by atoms with van der Waals surface area (Å²) >= 11 is 5.62. The zero-order chi connectivity index (χ0) is 18.9. The molecule has 1 amide bonds. The number of carbonyl (C=O) groups excluding carboxylic acids is 2. The van der Waals surface area contributed by atoms with Crippen molar-refractivity contribution in [3.8, 4) is 5.75 Å². The van der Waals surface area contributed by atoms with E-state index in [0.717, 1.165) is 6.07 Å². The summed E-state index contributed by atoms with van der Waals surface area (Å²) in [5, 5.41) is 2.99. The summed E-state index contributed by atoms with van der Waals surface area (Å²) in [6.45, 7) is -0.251. The van der Waals surface area contributed by atoms with Crippen molar-refractivity contribution in [1.82, 2.24) is 5.32 Å².